The molecule has 1 N–H and O–H groups in total. The van der Waals surface area contributed by atoms with E-state index in [2.05, 4.69) is 5.32 Å². The smallest absolute Gasteiger partial charge is 0.384 e. The molecule has 1 aliphatic rings. The molecule has 1 saturated carbocycles. The van der Waals surface area contributed by atoms with Gasteiger partial charge in [0.25, 0.3) is 0 Å². The molecule has 1 aliphatic carbocycles. The Morgan fingerprint density at radius 3 is 2.29 bits per heavy atom. The Labute approximate surface area is 103 Å². The van der Waals surface area contributed by atoms with Gasteiger partial charge >= 0.3 is 6.18 Å². The van der Waals surface area contributed by atoms with Crippen LogP contribution in [0.3, 0.4) is 0 Å². The number of nitrogens with one attached hydrogen (secondary N) is 1. The average Bonchev–Trinajstić information content (AvgIpc) is 3.09. The second kappa shape index (κ2) is 4.77. The summed E-state index contributed by atoms with van der Waals surface area (Å²) in [6, 6.07) is 5.00. The SMILES string of the molecule is FC(F)(F)c1ccc(NCC(Cl)C2CC2)cc1. The molecule has 1 atom stereocenters. The fraction of sp³-hybridized carbons (Fsp3) is 0.500. The molecule has 0 amide bonds. The molecule has 1 nitrogen and oxygen atoms in total. The maximum atomic E-state index is 12.3. The Morgan fingerprint density at radius 2 is 1.82 bits per heavy atom. The largest absolute Gasteiger partial charge is 0.416 e. The lowest BCUT2D eigenvalue weighted by molar-refractivity contribution is -0.137. The van der Waals surface area contributed by atoms with Crippen molar-refractivity contribution in [1.82, 2.24) is 0 Å². The van der Waals surface area contributed by atoms with Crippen LogP contribution in [0.2, 0.25) is 0 Å². The highest BCUT2D eigenvalue weighted by molar-refractivity contribution is 6.21. The van der Waals surface area contributed by atoms with Crippen LogP contribution in [0.15, 0.2) is 24.3 Å². The Morgan fingerprint density at radius 1 is 1.24 bits per heavy atom. The second-order valence-corrected chi connectivity index (χ2v) is 4.87. The molecular formula is C12H13ClF3N. The Kier molecular flexibility index (Phi) is 3.52. The van der Waals surface area contributed by atoms with E-state index in [9.17, 15) is 13.2 Å². The molecule has 1 fully saturated rings. The molecule has 0 spiro atoms. The zero-order valence-electron chi connectivity index (χ0n) is 9.10. The number of benzene rings is 1. The monoisotopic (exact) mass is 263 g/mol. The van der Waals surface area contributed by atoms with E-state index in [0.29, 0.717) is 18.2 Å². The van der Waals surface area contributed by atoms with E-state index in [1.807, 2.05) is 0 Å². The normalized spacial score (nSPS) is 17.9. The van der Waals surface area contributed by atoms with E-state index in [4.69, 9.17) is 11.6 Å². The van der Waals surface area contributed by atoms with Crippen molar-refractivity contribution in [3.05, 3.63) is 29.8 Å². The van der Waals surface area contributed by atoms with E-state index in [1.165, 1.54) is 12.1 Å². The molecular weight excluding hydrogens is 251 g/mol. The van der Waals surface area contributed by atoms with Crippen LogP contribution in [0.25, 0.3) is 0 Å². The molecule has 17 heavy (non-hydrogen) atoms. The summed E-state index contributed by atoms with van der Waals surface area (Å²) in [6.45, 7) is 0.595. The summed E-state index contributed by atoms with van der Waals surface area (Å²) in [7, 11) is 0. The molecule has 94 valence electrons. The third kappa shape index (κ3) is 3.53. The van der Waals surface area contributed by atoms with Crippen LogP contribution in [0, 0.1) is 5.92 Å². The van der Waals surface area contributed by atoms with E-state index < -0.39 is 11.7 Å². The molecule has 0 radical (unpaired) electrons. The zero-order valence-corrected chi connectivity index (χ0v) is 9.85. The van der Waals surface area contributed by atoms with Crippen molar-refractivity contribution < 1.29 is 13.2 Å². The Balaban J connectivity index is 1.89. The standard InChI is InChI=1S/C12H13ClF3N/c13-11(8-1-2-8)7-17-10-5-3-9(4-6-10)12(14,15)16/h3-6,8,11,17H,1-2,7H2. The molecule has 0 heterocycles. The summed E-state index contributed by atoms with van der Waals surface area (Å²) >= 11 is 6.09. The van der Waals surface area contributed by atoms with Gasteiger partial charge < -0.3 is 5.32 Å². The van der Waals surface area contributed by atoms with Crippen molar-refractivity contribution >= 4 is 17.3 Å². The number of halogens is 4. The quantitative estimate of drug-likeness (QED) is 0.805. The van der Waals surface area contributed by atoms with Gasteiger partial charge in [-0.15, -0.1) is 11.6 Å². The van der Waals surface area contributed by atoms with Crippen LogP contribution in [0.4, 0.5) is 18.9 Å². The minimum atomic E-state index is -4.28. The van der Waals surface area contributed by atoms with Gasteiger partial charge in [0.1, 0.15) is 0 Å². The summed E-state index contributed by atoms with van der Waals surface area (Å²) in [4.78, 5) is 0. The van der Waals surface area contributed by atoms with Crippen LogP contribution < -0.4 is 5.32 Å². The third-order valence-electron chi connectivity index (χ3n) is 2.85. The molecule has 1 aromatic carbocycles. The molecule has 0 bridgehead atoms. The van der Waals surface area contributed by atoms with Crippen molar-refractivity contribution in [3.8, 4) is 0 Å². The lowest BCUT2D eigenvalue weighted by atomic mass is 10.2. The fourth-order valence-corrected chi connectivity index (χ4v) is 1.95. The lowest BCUT2D eigenvalue weighted by Gasteiger charge is -2.12. The Hall–Kier alpha value is -0.900. The highest BCUT2D eigenvalue weighted by Gasteiger charge is 2.30. The van der Waals surface area contributed by atoms with E-state index in [0.717, 1.165) is 25.0 Å². The first kappa shape index (κ1) is 12.6. The number of hydrogen-bond acceptors (Lipinski definition) is 1. The van der Waals surface area contributed by atoms with Crippen molar-refractivity contribution in [3.63, 3.8) is 0 Å². The topological polar surface area (TPSA) is 12.0 Å². The highest BCUT2D eigenvalue weighted by atomic mass is 35.5. The van der Waals surface area contributed by atoms with Gasteiger partial charge in [-0.2, -0.15) is 13.2 Å². The first-order valence-electron chi connectivity index (χ1n) is 5.52. The number of alkyl halides is 4. The minimum Gasteiger partial charge on any atom is -0.384 e. The van der Waals surface area contributed by atoms with Gasteiger partial charge in [-0.25, -0.2) is 0 Å². The lowest BCUT2D eigenvalue weighted by Crippen LogP contribution is -2.16. The molecule has 2 rings (SSSR count). The van der Waals surface area contributed by atoms with Gasteiger partial charge in [-0.1, -0.05) is 0 Å². The minimum absolute atomic E-state index is 0.0669. The van der Waals surface area contributed by atoms with Gasteiger partial charge in [0.15, 0.2) is 0 Å². The number of rotatable bonds is 4. The van der Waals surface area contributed by atoms with Crippen LogP contribution in [0.5, 0.6) is 0 Å². The van der Waals surface area contributed by atoms with Crippen molar-refractivity contribution in [2.45, 2.75) is 24.4 Å². The molecule has 1 unspecified atom stereocenters. The van der Waals surface area contributed by atoms with Gasteiger partial charge in [0.05, 0.1) is 10.9 Å². The van der Waals surface area contributed by atoms with Gasteiger partial charge in [-0.3, -0.25) is 0 Å². The average molecular weight is 264 g/mol. The summed E-state index contributed by atoms with van der Waals surface area (Å²) in [5.41, 5.74) is 0.0389. The van der Waals surface area contributed by atoms with E-state index in [1.54, 1.807) is 0 Å². The fourth-order valence-electron chi connectivity index (χ4n) is 1.62. The molecule has 0 aliphatic heterocycles. The Bertz CT molecular complexity index is 370. The van der Waals surface area contributed by atoms with Crippen molar-refractivity contribution in [2.24, 2.45) is 5.92 Å². The highest BCUT2D eigenvalue weighted by Crippen LogP contribution is 2.35. The maximum absolute atomic E-state index is 12.3. The van der Waals surface area contributed by atoms with Gasteiger partial charge in [-0.05, 0) is 43.0 Å². The van der Waals surface area contributed by atoms with Gasteiger partial charge in [0, 0.05) is 12.2 Å². The summed E-state index contributed by atoms with van der Waals surface area (Å²) in [6.07, 6.45) is -1.97. The molecule has 0 saturated heterocycles. The van der Waals surface area contributed by atoms with Crippen molar-refractivity contribution in [2.75, 3.05) is 11.9 Å². The van der Waals surface area contributed by atoms with E-state index >= 15 is 0 Å². The van der Waals surface area contributed by atoms with Gasteiger partial charge in [0.2, 0.25) is 0 Å². The third-order valence-corrected chi connectivity index (χ3v) is 3.36. The second-order valence-electron chi connectivity index (χ2n) is 4.31. The predicted octanol–water partition coefficient (Wildman–Crippen LogP) is 4.13. The van der Waals surface area contributed by atoms with Crippen LogP contribution >= 0.6 is 11.6 Å². The number of anilines is 1. The van der Waals surface area contributed by atoms with Crippen LogP contribution in [0.1, 0.15) is 18.4 Å². The first-order chi connectivity index (χ1) is 7.97. The summed E-state index contributed by atoms with van der Waals surface area (Å²) in [5.74, 6) is 0.568. The molecule has 1 aromatic rings. The summed E-state index contributed by atoms with van der Waals surface area (Å²) in [5, 5.41) is 3.11. The first-order valence-corrected chi connectivity index (χ1v) is 5.95. The van der Waals surface area contributed by atoms with Crippen LogP contribution in [-0.2, 0) is 6.18 Å². The predicted molar refractivity (Wildman–Crippen MR) is 62.3 cm³/mol. The van der Waals surface area contributed by atoms with Crippen LogP contribution in [-0.4, -0.2) is 11.9 Å². The molecule has 0 aromatic heterocycles. The van der Waals surface area contributed by atoms with Crippen molar-refractivity contribution in [1.29, 1.82) is 0 Å². The maximum Gasteiger partial charge on any atom is 0.416 e. The zero-order chi connectivity index (χ0) is 12.5. The van der Waals surface area contributed by atoms with E-state index in [-0.39, 0.29) is 5.38 Å². The number of hydrogen-bond donors (Lipinski definition) is 1. The molecule has 5 heteroatoms. The summed E-state index contributed by atoms with van der Waals surface area (Å²) < 4.78 is 36.9.